The number of ether oxygens (including phenoxy) is 2. The highest BCUT2D eigenvalue weighted by Gasteiger charge is 2.04. The van der Waals surface area contributed by atoms with Crippen LogP contribution in [0.3, 0.4) is 0 Å². The van der Waals surface area contributed by atoms with E-state index < -0.39 is 0 Å². The lowest BCUT2D eigenvalue weighted by Gasteiger charge is -2.11. The van der Waals surface area contributed by atoms with E-state index in [-0.39, 0.29) is 12.5 Å². The van der Waals surface area contributed by atoms with Crippen molar-refractivity contribution >= 4 is 17.3 Å². The summed E-state index contributed by atoms with van der Waals surface area (Å²) in [6, 6.07) is 25.0. The Labute approximate surface area is 177 Å². The molecule has 0 spiro atoms. The van der Waals surface area contributed by atoms with E-state index in [1.807, 2.05) is 66.7 Å². The first-order valence-corrected chi connectivity index (χ1v) is 9.87. The molecule has 30 heavy (non-hydrogen) atoms. The molecule has 0 aliphatic heterocycles. The van der Waals surface area contributed by atoms with Crippen molar-refractivity contribution in [1.29, 1.82) is 0 Å². The molecule has 3 aromatic carbocycles. The van der Waals surface area contributed by atoms with Crippen molar-refractivity contribution in [3.63, 3.8) is 0 Å². The number of hydrogen-bond acceptors (Lipinski definition) is 4. The molecule has 0 radical (unpaired) electrons. The lowest BCUT2D eigenvalue weighted by molar-refractivity contribution is -0.114. The Balaban J connectivity index is 1.43. The molecule has 0 aliphatic carbocycles. The van der Waals surface area contributed by atoms with Crippen molar-refractivity contribution in [2.75, 3.05) is 30.4 Å². The van der Waals surface area contributed by atoms with Gasteiger partial charge in [0.1, 0.15) is 18.1 Å². The highest BCUT2D eigenvalue weighted by atomic mass is 16.5. The van der Waals surface area contributed by atoms with Crippen LogP contribution in [0.15, 0.2) is 91.5 Å². The number of hydrogen-bond donors (Lipinski definition) is 2. The average Bonchev–Trinajstić information content (AvgIpc) is 2.78. The molecule has 2 N–H and O–H groups in total. The van der Waals surface area contributed by atoms with E-state index in [0.717, 1.165) is 23.6 Å². The normalized spacial score (nSPS) is 10.1. The van der Waals surface area contributed by atoms with Gasteiger partial charge in [0, 0.05) is 23.9 Å². The second kappa shape index (κ2) is 11.3. The van der Waals surface area contributed by atoms with Gasteiger partial charge in [-0.15, -0.1) is 0 Å². The Bertz CT molecular complexity index is 940. The van der Waals surface area contributed by atoms with E-state index in [9.17, 15) is 4.79 Å². The Hall–Kier alpha value is -3.73. The van der Waals surface area contributed by atoms with Gasteiger partial charge in [-0.25, -0.2) is 0 Å². The lowest BCUT2D eigenvalue weighted by Crippen LogP contribution is -2.21. The fourth-order valence-corrected chi connectivity index (χ4v) is 2.81. The molecule has 5 heteroatoms. The predicted molar refractivity (Wildman–Crippen MR) is 121 cm³/mol. The standard InChI is InChI=1S/C25H26N2O3/c1-2-16-29-23-13-11-21(12-14-23)26-19-25(28)27-22-9-6-10-24(18-22)30-17-15-20-7-4-3-5-8-20/h2-14,18,26H,1,15-17,19H2,(H,27,28). The number of rotatable bonds is 11. The molecule has 0 fully saturated rings. The van der Waals surface area contributed by atoms with E-state index in [4.69, 9.17) is 9.47 Å². The summed E-state index contributed by atoms with van der Waals surface area (Å²) < 4.78 is 11.3. The Morgan fingerprint density at radius 2 is 1.67 bits per heavy atom. The molecular weight excluding hydrogens is 376 g/mol. The summed E-state index contributed by atoms with van der Waals surface area (Å²) in [6.07, 6.45) is 2.53. The highest BCUT2D eigenvalue weighted by Crippen LogP contribution is 2.18. The first-order chi connectivity index (χ1) is 14.7. The molecule has 0 bridgehead atoms. The topological polar surface area (TPSA) is 59.6 Å². The second-order valence-corrected chi connectivity index (χ2v) is 6.64. The molecule has 3 aromatic rings. The van der Waals surface area contributed by atoms with Crippen LogP contribution in [-0.4, -0.2) is 25.7 Å². The van der Waals surface area contributed by atoms with Gasteiger partial charge in [-0.2, -0.15) is 0 Å². The van der Waals surface area contributed by atoms with Gasteiger partial charge in [-0.05, 0) is 42.0 Å². The van der Waals surface area contributed by atoms with Crippen LogP contribution < -0.4 is 20.1 Å². The van der Waals surface area contributed by atoms with Crippen LogP contribution in [0.25, 0.3) is 0 Å². The van der Waals surface area contributed by atoms with Crippen LogP contribution in [0.2, 0.25) is 0 Å². The molecule has 0 heterocycles. The largest absolute Gasteiger partial charge is 0.493 e. The van der Waals surface area contributed by atoms with Crippen molar-refractivity contribution in [1.82, 2.24) is 0 Å². The van der Waals surface area contributed by atoms with Crippen molar-refractivity contribution in [3.8, 4) is 11.5 Å². The van der Waals surface area contributed by atoms with Gasteiger partial charge in [0.2, 0.25) is 5.91 Å². The molecule has 5 nitrogen and oxygen atoms in total. The number of anilines is 2. The fourth-order valence-electron chi connectivity index (χ4n) is 2.81. The minimum atomic E-state index is -0.136. The summed E-state index contributed by atoms with van der Waals surface area (Å²) >= 11 is 0. The van der Waals surface area contributed by atoms with Gasteiger partial charge < -0.3 is 20.1 Å². The zero-order chi connectivity index (χ0) is 21.0. The van der Waals surface area contributed by atoms with E-state index in [0.29, 0.717) is 18.9 Å². The van der Waals surface area contributed by atoms with Gasteiger partial charge >= 0.3 is 0 Å². The molecule has 1 amide bonds. The van der Waals surface area contributed by atoms with Crippen LogP contribution in [0.5, 0.6) is 11.5 Å². The van der Waals surface area contributed by atoms with Crippen molar-refractivity contribution in [2.24, 2.45) is 0 Å². The molecule has 0 aliphatic rings. The quantitative estimate of drug-likeness (QED) is 0.447. The Kier molecular flexibility index (Phi) is 7.92. The third kappa shape index (κ3) is 7.02. The van der Waals surface area contributed by atoms with Gasteiger partial charge in [0.25, 0.3) is 0 Å². The summed E-state index contributed by atoms with van der Waals surface area (Å²) in [4.78, 5) is 12.3. The first-order valence-electron chi connectivity index (χ1n) is 9.87. The molecule has 0 aromatic heterocycles. The SMILES string of the molecule is C=CCOc1ccc(NCC(=O)Nc2cccc(OCCc3ccccc3)c2)cc1. The summed E-state index contributed by atoms with van der Waals surface area (Å²) in [5.41, 5.74) is 2.77. The number of carbonyl (C=O) groups excluding carboxylic acids is 1. The van der Waals surface area contributed by atoms with Crippen molar-refractivity contribution < 1.29 is 14.3 Å². The molecule has 0 saturated carbocycles. The summed E-state index contributed by atoms with van der Waals surface area (Å²) in [7, 11) is 0. The smallest absolute Gasteiger partial charge is 0.243 e. The fraction of sp³-hybridized carbons (Fsp3) is 0.160. The zero-order valence-electron chi connectivity index (χ0n) is 16.8. The highest BCUT2D eigenvalue weighted by molar-refractivity contribution is 5.93. The summed E-state index contributed by atoms with van der Waals surface area (Å²) in [6.45, 7) is 4.82. The molecule has 0 saturated heterocycles. The van der Waals surface area contributed by atoms with Gasteiger partial charge in [0.15, 0.2) is 0 Å². The van der Waals surface area contributed by atoms with Gasteiger partial charge in [-0.3, -0.25) is 4.79 Å². The maximum atomic E-state index is 12.3. The van der Waals surface area contributed by atoms with Crippen LogP contribution in [-0.2, 0) is 11.2 Å². The average molecular weight is 402 g/mol. The maximum absolute atomic E-state index is 12.3. The number of carbonyl (C=O) groups is 1. The second-order valence-electron chi connectivity index (χ2n) is 6.64. The Morgan fingerprint density at radius 1 is 0.867 bits per heavy atom. The lowest BCUT2D eigenvalue weighted by atomic mass is 10.2. The van der Waals surface area contributed by atoms with Crippen LogP contribution in [0.1, 0.15) is 5.56 Å². The molecule has 0 unspecified atom stereocenters. The van der Waals surface area contributed by atoms with E-state index in [2.05, 4.69) is 29.3 Å². The molecule has 0 atom stereocenters. The van der Waals surface area contributed by atoms with Crippen molar-refractivity contribution in [3.05, 3.63) is 97.1 Å². The van der Waals surface area contributed by atoms with Crippen LogP contribution in [0, 0.1) is 0 Å². The van der Waals surface area contributed by atoms with E-state index >= 15 is 0 Å². The maximum Gasteiger partial charge on any atom is 0.243 e. The molecular formula is C25H26N2O3. The zero-order valence-corrected chi connectivity index (χ0v) is 16.8. The third-order valence-electron chi connectivity index (χ3n) is 4.30. The minimum Gasteiger partial charge on any atom is -0.493 e. The van der Waals surface area contributed by atoms with E-state index in [1.54, 1.807) is 6.08 Å². The number of amides is 1. The van der Waals surface area contributed by atoms with Crippen LogP contribution >= 0.6 is 0 Å². The van der Waals surface area contributed by atoms with E-state index in [1.165, 1.54) is 5.56 Å². The van der Waals surface area contributed by atoms with Crippen molar-refractivity contribution in [2.45, 2.75) is 6.42 Å². The minimum absolute atomic E-state index is 0.136. The monoisotopic (exact) mass is 402 g/mol. The third-order valence-corrected chi connectivity index (χ3v) is 4.30. The summed E-state index contributed by atoms with van der Waals surface area (Å²) in [5, 5.41) is 5.98. The summed E-state index contributed by atoms with van der Waals surface area (Å²) in [5.74, 6) is 1.35. The predicted octanol–water partition coefficient (Wildman–Crippen LogP) is 4.92. The Morgan fingerprint density at radius 3 is 2.43 bits per heavy atom. The first kappa shape index (κ1) is 21.0. The molecule has 154 valence electrons. The van der Waals surface area contributed by atoms with Crippen LogP contribution in [0.4, 0.5) is 11.4 Å². The number of nitrogens with one attached hydrogen (secondary N) is 2. The molecule has 3 rings (SSSR count). The van der Waals surface area contributed by atoms with Gasteiger partial charge in [0.05, 0.1) is 13.2 Å². The van der Waals surface area contributed by atoms with Gasteiger partial charge in [-0.1, -0.05) is 49.1 Å². The number of benzene rings is 3.